The first-order valence-electron chi connectivity index (χ1n) is 9.25. The Morgan fingerprint density at radius 2 is 1.73 bits per heavy atom. The first-order valence-corrected chi connectivity index (χ1v) is 10.3. The van der Waals surface area contributed by atoms with E-state index >= 15 is 0 Å². The number of aliphatic hydroxyl groups excluding tert-OH is 1. The Balaban J connectivity index is 1.98. The van der Waals surface area contributed by atoms with Crippen molar-refractivity contribution in [2.45, 2.75) is 38.1 Å². The van der Waals surface area contributed by atoms with Crippen molar-refractivity contribution in [3.63, 3.8) is 0 Å². The van der Waals surface area contributed by atoms with Gasteiger partial charge in [-0.2, -0.15) is 0 Å². The predicted molar refractivity (Wildman–Crippen MR) is 119 cm³/mol. The van der Waals surface area contributed by atoms with Crippen molar-refractivity contribution in [3.05, 3.63) is 69.3 Å². The standard InChI is InChI=1S/C21H24IN3O5/c1-13(26)18(25-21(29)30-12-14-6-3-2-4-7-14)20(28)24-17(19(23)27)11-15-8-5-9-16(22)10-15/h2-10,13,17-18,26H,11-12H2,1H3,(H2,23,27)(H,24,28)(H,25,29)/t13-,17-,18+/m1/s1. The Morgan fingerprint density at radius 1 is 1.07 bits per heavy atom. The van der Waals surface area contributed by atoms with Gasteiger partial charge in [0.05, 0.1) is 6.10 Å². The first-order chi connectivity index (χ1) is 14.3. The molecule has 0 aliphatic heterocycles. The van der Waals surface area contributed by atoms with Gasteiger partial charge in [-0.3, -0.25) is 9.59 Å². The van der Waals surface area contributed by atoms with Crippen LogP contribution >= 0.6 is 22.6 Å². The van der Waals surface area contributed by atoms with Crippen molar-refractivity contribution >= 4 is 40.5 Å². The Labute approximate surface area is 188 Å². The Morgan fingerprint density at radius 3 is 2.33 bits per heavy atom. The highest BCUT2D eigenvalue weighted by molar-refractivity contribution is 14.1. The molecule has 0 radical (unpaired) electrons. The quantitative estimate of drug-likeness (QED) is 0.369. The normalized spacial score (nSPS) is 13.6. The number of hydrogen-bond acceptors (Lipinski definition) is 5. The molecule has 5 N–H and O–H groups in total. The fraction of sp³-hybridized carbons (Fsp3) is 0.286. The van der Waals surface area contributed by atoms with E-state index in [-0.39, 0.29) is 13.0 Å². The predicted octanol–water partition coefficient (Wildman–Crippen LogP) is 1.48. The summed E-state index contributed by atoms with van der Waals surface area (Å²) in [6, 6.07) is 14.1. The second-order valence-corrected chi connectivity index (χ2v) is 7.97. The van der Waals surface area contributed by atoms with E-state index in [1.54, 1.807) is 24.3 Å². The van der Waals surface area contributed by atoms with Crippen LogP contribution in [0, 0.1) is 3.57 Å². The number of ether oxygens (including phenoxy) is 1. The summed E-state index contributed by atoms with van der Waals surface area (Å²) < 4.78 is 6.06. The second-order valence-electron chi connectivity index (χ2n) is 6.72. The van der Waals surface area contributed by atoms with Crippen LogP contribution in [-0.4, -0.2) is 41.2 Å². The van der Waals surface area contributed by atoms with Gasteiger partial charge in [-0.25, -0.2) is 4.79 Å². The van der Waals surface area contributed by atoms with E-state index in [1.807, 2.05) is 30.3 Å². The maximum absolute atomic E-state index is 12.6. The average molecular weight is 525 g/mol. The number of benzene rings is 2. The molecule has 0 saturated heterocycles. The third kappa shape index (κ3) is 7.64. The van der Waals surface area contributed by atoms with Gasteiger partial charge in [0.25, 0.3) is 0 Å². The lowest BCUT2D eigenvalue weighted by molar-refractivity contribution is -0.130. The summed E-state index contributed by atoms with van der Waals surface area (Å²) in [5.41, 5.74) is 7.02. The molecule has 0 saturated carbocycles. The van der Waals surface area contributed by atoms with Crippen LogP contribution in [-0.2, 0) is 27.4 Å². The molecular formula is C21H24IN3O5. The van der Waals surface area contributed by atoms with Crippen molar-refractivity contribution in [1.29, 1.82) is 0 Å². The van der Waals surface area contributed by atoms with Gasteiger partial charge in [0.2, 0.25) is 11.8 Å². The van der Waals surface area contributed by atoms with E-state index in [4.69, 9.17) is 10.5 Å². The highest BCUT2D eigenvalue weighted by Gasteiger charge is 2.29. The minimum Gasteiger partial charge on any atom is -0.445 e. The number of aliphatic hydroxyl groups is 1. The Bertz CT molecular complexity index is 876. The molecular weight excluding hydrogens is 501 g/mol. The molecule has 0 fully saturated rings. The maximum atomic E-state index is 12.6. The van der Waals surface area contributed by atoms with Crippen molar-refractivity contribution in [2.24, 2.45) is 5.73 Å². The third-order valence-corrected chi connectivity index (χ3v) is 4.91. The number of carbonyl (C=O) groups is 3. The largest absolute Gasteiger partial charge is 0.445 e. The molecule has 0 aliphatic rings. The fourth-order valence-electron chi connectivity index (χ4n) is 2.68. The summed E-state index contributed by atoms with van der Waals surface area (Å²) in [6.45, 7) is 1.36. The molecule has 0 spiro atoms. The molecule has 3 amide bonds. The van der Waals surface area contributed by atoms with Gasteiger partial charge in [-0.1, -0.05) is 42.5 Å². The Kier molecular flexibility index (Phi) is 9.06. The number of carbonyl (C=O) groups excluding carboxylic acids is 3. The van der Waals surface area contributed by atoms with Gasteiger partial charge in [0.1, 0.15) is 18.7 Å². The van der Waals surface area contributed by atoms with Gasteiger partial charge in [-0.05, 0) is 52.8 Å². The minimum atomic E-state index is -1.31. The molecule has 0 unspecified atom stereocenters. The van der Waals surface area contributed by atoms with Crippen molar-refractivity contribution in [3.8, 4) is 0 Å². The summed E-state index contributed by atoms with van der Waals surface area (Å²) in [5.74, 6) is -1.46. The number of nitrogens with two attached hydrogens (primary N) is 1. The van der Waals surface area contributed by atoms with Gasteiger partial charge in [0, 0.05) is 9.99 Å². The molecule has 2 aromatic rings. The van der Waals surface area contributed by atoms with Crippen LogP contribution in [0.4, 0.5) is 4.79 Å². The van der Waals surface area contributed by atoms with E-state index in [9.17, 15) is 19.5 Å². The lowest BCUT2D eigenvalue weighted by atomic mass is 10.0. The number of hydrogen-bond donors (Lipinski definition) is 4. The number of nitrogens with one attached hydrogen (secondary N) is 2. The van der Waals surface area contributed by atoms with E-state index < -0.39 is 36.1 Å². The summed E-state index contributed by atoms with van der Waals surface area (Å²) in [7, 11) is 0. The van der Waals surface area contributed by atoms with Crippen molar-refractivity contribution < 1.29 is 24.2 Å². The van der Waals surface area contributed by atoms with Crippen LogP contribution in [0.3, 0.4) is 0 Å². The summed E-state index contributed by atoms with van der Waals surface area (Å²) >= 11 is 2.14. The van der Waals surface area contributed by atoms with Crippen molar-refractivity contribution in [1.82, 2.24) is 10.6 Å². The SMILES string of the molecule is C[C@@H](O)[C@H](NC(=O)OCc1ccccc1)C(=O)N[C@H](Cc1cccc(I)c1)C(N)=O. The van der Waals surface area contributed by atoms with Crippen LogP contribution in [0.1, 0.15) is 18.1 Å². The first kappa shape index (κ1) is 23.6. The minimum absolute atomic E-state index is 0.0113. The zero-order valence-corrected chi connectivity index (χ0v) is 18.5. The zero-order chi connectivity index (χ0) is 22.1. The number of rotatable bonds is 9. The molecule has 0 heterocycles. The summed E-state index contributed by atoms with van der Waals surface area (Å²) in [6.07, 6.45) is -1.91. The van der Waals surface area contributed by atoms with E-state index in [2.05, 4.69) is 33.2 Å². The smallest absolute Gasteiger partial charge is 0.408 e. The van der Waals surface area contributed by atoms with Gasteiger partial charge in [0.15, 0.2) is 0 Å². The zero-order valence-electron chi connectivity index (χ0n) is 16.4. The lowest BCUT2D eigenvalue weighted by Crippen LogP contribution is -2.57. The van der Waals surface area contributed by atoms with Crippen LogP contribution < -0.4 is 16.4 Å². The van der Waals surface area contributed by atoms with E-state index in [1.165, 1.54) is 6.92 Å². The highest BCUT2D eigenvalue weighted by atomic mass is 127. The molecule has 160 valence electrons. The fourth-order valence-corrected chi connectivity index (χ4v) is 3.29. The molecule has 0 aliphatic carbocycles. The lowest BCUT2D eigenvalue weighted by Gasteiger charge is -2.23. The average Bonchev–Trinajstić information content (AvgIpc) is 2.70. The highest BCUT2D eigenvalue weighted by Crippen LogP contribution is 2.10. The third-order valence-electron chi connectivity index (χ3n) is 4.24. The number of primary amides is 1. The number of alkyl carbamates (subject to hydrolysis) is 1. The Hall–Kier alpha value is -2.66. The van der Waals surface area contributed by atoms with E-state index in [0.29, 0.717) is 0 Å². The maximum Gasteiger partial charge on any atom is 0.408 e. The molecule has 0 aromatic heterocycles. The van der Waals surface area contributed by atoms with Gasteiger partial charge in [-0.15, -0.1) is 0 Å². The summed E-state index contributed by atoms with van der Waals surface area (Å²) in [5, 5.41) is 14.8. The molecule has 2 aromatic carbocycles. The van der Waals surface area contributed by atoms with Gasteiger partial charge < -0.3 is 26.2 Å². The van der Waals surface area contributed by atoms with Crippen LogP contribution in [0.2, 0.25) is 0 Å². The topological polar surface area (TPSA) is 131 Å². The van der Waals surface area contributed by atoms with Crippen LogP contribution in [0.5, 0.6) is 0 Å². The second kappa shape index (κ2) is 11.5. The molecule has 9 heteroatoms. The van der Waals surface area contributed by atoms with E-state index in [0.717, 1.165) is 14.7 Å². The molecule has 30 heavy (non-hydrogen) atoms. The van der Waals surface area contributed by atoms with Crippen molar-refractivity contribution in [2.75, 3.05) is 0 Å². The molecule has 0 bridgehead atoms. The monoisotopic (exact) mass is 525 g/mol. The molecule has 2 rings (SSSR count). The number of amides is 3. The molecule has 3 atom stereocenters. The molecule has 8 nitrogen and oxygen atoms in total. The van der Waals surface area contributed by atoms with Gasteiger partial charge >= 0.3 is 6.09 Å². The van der Waals surface area contributed by atoms with Crippen LogP contribution in [0.25, 0.3) is 0 Å². The summed E-state index contributed by atoms with van der Waals surface area (Å²) in [4.78, 5) is 36.5. The number of halogens is 1. The van der Waals surface area contributed by atoms with Crippen LogP contribution in [0.15, 0.2) is 54.6 Å².